The second-order valence-electron chi connectivity index (χ2n) is 10.5. The third-order valence-electron chi connectivity index (χ3n) is 7.16. The molecule has 0 unspecified atom stereocenters. The van der Waals surface area contributed by atoms with Crippen LogP contribution < -0.4 is 10.1 Å². The molecule has 1 aromatic carbocycles. The SMILES string of the molecule is Cc1ccc(NC(=O)C2(c3ccccc3C3=CCCC3)CN(C(=O)CC(C)(C)C(=O)O)C2)c(OC(F)F)n1. The minimum Gasteiger partial charge on any atom is -0.481 e. The van der Waals surface area contributed by atoms with Gasteiger partial charge in [0.05, 0.1) is 5.41 Å². The Morgan fingerprint density at radius 2 is 1.89 bits per heavy atom. The molecule has 0 bridgehead atoms. The van der Waals surface area contributed by atoms with Crippen LogP contribution in [-0.2, 0) is 19.8 Å². The lowest BCUT2D eigenvalue weighted by molar-refractivity contribution is -0.155. The number of hydrogen-bond acceptors (Lipinski definition) is 5. The highest BCUT2D eigenvalue weighted by Crippen LogP contribution is 2.43. The normalized spacial score (nSPS) is 16.6. The van der Waals surface area contributed by atoms with Gasteiger partial charge in [-0.2, -0.15) is 8.78 Å². The molecule has 4 rings (SSSR count). The van der Waals surface area contributed by atoms with E-state index in [2.05, 4.69) is 21.1 Å². The number of anilines is 1. The smallest absolute Gasteiger partial charge is 0.388 e. The first-order valence-corrected chi connectivity index (χ1v) is 12.5. The Morgan fingerprint density at radius 1 is 1.18 bits per heavy atom. The van der Waals surface area contributed by atoms with E-state index >= 15 is 0 Å². The largest absolute Gasteiger partial charge is 0.481 e. The molecule has 2 heterocycles. The van der Waals surface area contributed by atoms with Crippen molar-refractivity contribution in [1.82, 2.24) is 9.88 Å². The molecule has 0 radical (unpaired) electrons. The van der Waals surface area contributed by atoms with Crippen LogP contribution in [0.3, 0.4) is 0 Å². The number of rotatable bonds is 9. The van der Waals surface area contributed by atoms with Gasteiger partial charge in [0.1, 0.15) is 11.1 Å². The highest BCUT2D eigenvalue weighted by Gasteiger charge is 2.54. The van der Waals surface area contributed by atoms with Crippen molar-refractivity contribution in [3.8, 4) is 5.88 Å². The molecule has 202 valence electrons. The van der Waals surface area contributed by atoms with Crippen LogP contribution in [0.2, 0.25) is 0 Å². The van der Waals surface area contributed by atoms with Crippen molar-refractivity contribution in [2.75, 3.05) is 18.4 Å². The van der Waals surface area contributed by atoms with Gasteiger partial charge in [-0.05, 0) is 68.9 Å². The van der Waals surface area contributed by atoms with Gasteiger partial charge in [0.2, 0.25) is 17.7 Å². The van der Waals surface area contributed by atoms with E-state index in [-0.39, 0.29) is 31.1 Å². The quantitative estimate of drug-likeness (QED) is 0.486. The molecule has 1 aliphatic carbocycles. The summed E-state index contributed by atoms with van der Waals surface area (Å²) in [5, 5.41) is 12.2. The van der Waals surface area contributed by atoms with Crippen molar-refractivity contribution >= 4 is 29.0 Å². The van der Waals surface area contributed by atoms with Crippen molar-refractivity contribution in [2.45, 2.75) is 58.5 Å². The number of carbonyl (C=O) groups excluding carboxylic acids is 2. The number of likely N-dealkylation sites (tertiary alicyclic amines) is 1. The molecule has 8 nitrogen and oxygen atoms in total. The Bertz CT molecular complexity index is 1290. The van der Waals surface area contributed by atoms with Gasteiger partial charge in [0.25, 0.3) is 0 Å². The zero-order chi connectivity index (χ0) is 27.7. The van der Waals surface area contributed by atoms with Crippen LogP contribution >= 0.6 is 0 Å². The number of alkyl halides is 2. The van der Waals surface area contributed by atoms with Gasteiger partial charge in [-0.25, -0.2) is 4.98 Å². The summed E-state index contributed by atoms with van der Waals surface area (Å²) >= 11 is 0. The molecule has 10 heteroatoms. The predicted molar refractivity (Wildman–Crippen MR) is 137 cm³/mol. The lowest BCUT2D eigenvalue weighted by atomic mass is 9.69. The highest BCUT2D eigenvalue weighted by atomic mass is 19.3. The average Bonchev–Trinajstić information content (AvgIpc) is 3.34. The molecule has 1 fully saturated rings. The Labute approximate surface area is 219 Å². The van der Waals surface area contributed by atoms with Gasteiger partial charge in [0.15, 0.2) is 0 Å². The summed E-state index contributed by atoms with van der Waals surface area (Å²) in [4.78, 5) is 44.0. The maximum atomic E-state index is 13.9. The fraction of sp³-hybridized carbons (Fsp3) is 0.429. The summed E-state index contributed by atoms with van der Waals surface area (Å²) < 4.78 is 30.6. The zero-order valence-electron chi connectivity index (χ0n) is 21.6. The summed E-state index contributed by atoms with van der Waals surface area (Å²) in [7, 11) is 0. The van der Waals surface area contributed by atoms with Gasteiger partial charge in [-0.1, -0.05) is 30.3 Å². The molecule has 2 N–H and O–H groups in total. The van der Waals surface area contributed by atoms with Crippen LogP contribution in [-0.4, -0.2) is 52.5 Å². The molecule has 2 amide bonds. The number of benzene rings is 1. The summed E-state index contributed by atoms with van der Waals surface area (Å²) in [5.74, 6) is -2.36. The lowest BCUT2D eigenvalue weighted by Crippen LogP contribution is -2.67. The third kappa shape index (κ3) is 5.39. The standard InChI is InChI=1S/C28H31F2N3O5/c1-17-12-13-21(23(31-17)38-26(29)30)32-24(35)28(15-33(16-28)22(34)14-27(2,3)25(36)37)20-11-7-6-10-19(20)18-8-4-5-9-18/h6-8,10-13,26H,4-5,9,14-16H2,1-3H3,(H,32,35)(H,36,37). The van der Waals surface area contributed by atoms with Crippen molar-refractivity contribution < 1.29 is 33.0 Å². The second kappa shape index (κ2) is 10.5. The first kappa shape index (κ1) is 27.2. The van der Waals surface area contributed by atoms with Gasteiger partial charge in [0, 0.05) is 25.2 Å². The molecule has 1 aliphatic heterocycles. The number of halogens is 2. The number of amides is 2. The fourth-order valence-corrected chi connectivity index (χ4v) is 4.92. The first-order chi connectivity index (χ1) is 17.9. The van der Waals surface area contributed by atoms with Gasteiger partial charge >= 0.3 is 12.6 Å². The van der Waals surface area contributed by atoms with Crippen LogP contribution in [0, 0.1) is 12.3 Å². The number of ether oxygens (including phenoxy) is 1. The van der Waals surface area contributed by atoms with E-state index in [9.17, 15) is 28.3 Å². The molecule has 1 aromatic heterocycles. The summed E-state index contributed by atoms with van der Waals surface area (Å²) in [6, 6.07) is 10.5. The van der Waals surface area contributed by atoms with E-state index in [4.69, 9.17) is 0 Å². The Kier molecular flexibility index (Phi) is 7.53. The highest BCUT2D eigenvalue weighted by molar-refractivity contribution is 6.03. The van der Waals surface area contributed by atoms with E-state index in [0.717, 1.165) is 36.0 Å². The third-order valence-corrected chi connectivity index (χ3v) is 7.16. The zero-order valence-corrected chi connectivity index (χ0v) is 21.6. The lowest BCUT2D eigenvalue weighted by Gasteiger charge is -2.50. The number of carboxylic acid groups (broad SMARTS) is 1. The topological polar surface area (TPSA) is 109 Å². The van der Waals surface area contributed by atoms with Gasteiger partial charge in [-0.15, -0.1) is 0 Å². The number of nitrogens with one attached hydrogen (secondary N) is 1. The Hall–Kier alpha value is -3.82. The summed E-state index contributed by atoms with van der Waals surface area (Å²) in [6.45, 7) is 1.47. The number of hydrogen-bond donors (Lipinski definition) is 2. The van der Waals surface area contributed by atoms with Gasteiger partial charge in [-0.3, -0.25) is 14.4 Å². The fourth-order valence-electron chi connectivity index (χ4n) is 4.92. The number of pyridine rings is 1. The number of allylic oxidation sites excluding steroid dienone is 2. The average molecular weight is 528 g/mol. The van der Waals surface area contributed by atoms with E-state index in [1.165, 1.54) is 24.8 Å². The van der Waals surface area contributed by atoms with E-state index in [1.54, 1.807) is 13.0 Å². The maximum Gasteiger partial charge on any atom is 0.388 e. The Balaban J connectivity index is 1.69. The number of aromatic nitrogens is 1. The van der Waals surface area contributed by atoms with Gasteiger partial charge < -0.3 is 20.1 Å². The number of carbonyl (C=O) groups is 3. The minimum absolute atomic E-state index is 0.00498. The summed E-state index contributed by atoms with van der Waals surface area (Å²) in [5.41, 5.74) is 0.731. The van der Waals surface area contributed by atoms with Crippen LogP contribution in [0.25, 0.3) is 5.57 Å². The second-order valence-corrected chi connectivity index (χ2v) is 10.5. The molecule has 38 heavy (non-hydrogen) atoms. The van der Waals surface area contributed by atoms with Crippen LogP contribution in [0.4, 0.5) is 14.5 Å². The molecular formula is C28H31F2N3O5. The van der Waals surface area contributed by atoms with Crippen LogP contribution in [0.15, 0.2) is 42.5 Å². The van der Waals surface area contributed by atoms with Crippen molar-refractivity contribution in [3.63, 3.8) is 0 Å². The first-order valence-electron chi connectivity index (χ1n) is 12.5. The number of carboxylic acids is 1. The monoisotopic (exact) mass is 527 g/mol. The molecular weight excluding hydrogens is 496 g/mol. The molecule has 0 spiro atoms. The van der Waals surface area contributed by atoms with E-state index in [0.29, 0.717) is 5.69 Å². The number of nitrogens with zero attached hydrogens (tertiary/aromatic N) is 2. The molecule has 0 atom stereocenters. The van der Waals surface area contributed by atoms with Crippen LogP contribution in [0.1, 0.15) is 56.4 Å². The van der Waals surface area contributed by atoms with Crippen molar-refractivity contribution in [1.29, 1.82) is 0 Å². The van der Waals surface area contributed by atoms with E-state index < -0.39 is 35.2 Å². The number of aliphatic carboxylic acids is 1. The maximum absolute atomic E-state index is 13.9. The van der Waals surface area contributed by atoms with Crippen LogP contribution in [0.5, 0.6) is 5.88 Å². The summed E-state index contributed by atoms with van der Waals surface area (Å²) in [6.07, 6.45) is 4.71. The Morgan fingerprint density at radius 3 is 2.53 bits per heavy atom. The van der Waals surface area contributed by atoms with E-state index in [1.807, 2.05) is 24.3 Å². The molecule has 1 saturated heterocycles. The minimum atomic E-state index is -3.13. The number of aryl methyl sites for hydroxylation is 1. The van der Waals surface area contributed by atoms with Crippen molar-refractivity contribution in [3.05, 3.63) is 59.3 Å². The molecule has 0 saturated carbocycles. The molecule has 2 aromatic rings. The van der Waals surface area contributed by atoms with Crippen molar-refractivity contribution in [2.24, 2.45) is 5.41 Å². The predicted octanol–water partition coefficient (Wildman–Crippen LogP) is 4.78. The molecule has 2 aliphatic rings.